The molecule has 1 N–H and O–H groups in total. The standard InChI is InChI=1S/C11H16N4OS2/c1-3-4-8-9(17-7-13-8)10-14-15-11(18-10)12-5-6-16-2/h7H,3-6H2,1-2H3,(H,12,15). The molecule has 0 radical (unpaired) electrons. The molecular weight excluding hydrogens is 268 g/mol. The summed E-state index contributed by atoms with van der Waals surface area (Å²) in [7, 11) is 1.68. The van der Waals surface area contributed by atoms with Gasteiger partial charge in [-0.3, -0.25) is 0 Å². The van der Waals surface area contributed by atoms with Crippen molar-refractivity contribution >= 4 is 27.8 Å². The second kappa shape index (κ2) is 6.77. The van der Waals surface area contributed by atoms with Crippen molar-refractivity contribution in [3.63, 3.8) is 0 Å². The molecule has 2 aromatic heterocycles. The smallest absolute Gasteiger partial charge is 0.206 e. The molecule has 0 aliphatic rings. The summed E-state index contributed by atoms with van der Waals surface area (Å²) in [4.78, 5) is 5.53. The van der Waals surface area contributed by atoms with E-state index in [0.29, 0.717) is 6.61 Å². The SMILES string of the molecule is CCCc1ncsc1-c1nnc(NCCOC)s1. The molecule has 18 heavy (non-hydrogen) atoms. The lowest BCUT2D eigenvalue weighted by atomic mass is 10.2. The van der Waals surface area contributed by atoms with Crippen LogP contribution in [0.5, 0.6) is 0 Å². The van der Waals surface area contributed by atoms with Gasteiger partial charge in [-0.2, -0.15) is 0 Å². The van der Waals surface area contributed by atoms with E-state index in [1.165, 1.54) is 0 Å². The van der Waals surface area contributed by atoms with Crippen molar-refractivity contribution in [3.8, 4) is 9.88 Å². The van der Waals surface area contributed by atoms with E-state index in [9.17, 15) is 0 Å². The molecule has 2 rings (SSSR count). The summed E-state index contributed by atoms with van der Waals surface area (Å²) in [5.41, 5.74) is 3.00. The first-order valence-corrected chi connectivity index (χ1v) is 7.53. The molecule has 0 atom stereocenters. The van der Waals surface area contributed by atoms with Crippen LogP contribution in [-0.2, 0) is 11.2 Å². The van der Waals surface area contributed by atoms with E-state index in [1.807, 2.05) is 5.51 Å². The second-order valence-corrected chi connectivity index (χ2v) is 5.54. The molecule has 0 unspecified atom stereocenters. The fourth-order valence-corrected chi connectivity index (χ4v) is 3.22. The van der Waals surface area contributed by atoms with Gasteiger partial charge in [-0.15, -0.1) is 21.5 Å². The Bertz CT molecular complexity index is 483. The molecule has 0 aromatic carbocycles. The number of hydrogen-bond donors (Lipinski definition) is 1. The number of methoxy groups -OCH3 is 1. The molecule has 98 valence electrons. The van der Waals surface area contributed by atoms with Crippen LogP contribution in [0.4, 0.5) is 5.13 Å². The van der Waals surface area contributed by atoms with Crippen molar-refractivity contribution in [2.45, 2.75) is 19.8 Å². The highest BCUT2D eigenvalue weighted by Gasteiger charge is 2.13. The Balaban J connectivity index is 2.06. The van der Waals surface area contributed by atoms with Crippen molar-refractivity contribution in [1.82, 2.24) is 15.2 Å². The number of nitrogens with zero attached hydrogens (tertiary/aromatic N) is 3. The summed E-state index contributed by atoms with van der Waals surface area (Å²) in [6.45, 7) is 3.56. The third-order valence-corrected chi connectivity index (χ3v) is 4.23. The summed E-state index contributed by atoms with van der Waals surface area (Å²) < 4.78 is 4.98. The van der Waals surface area contributed by atoms with Gasteiger partial charge in [-0.05, 0) is 6.42 Å². The van der Waals surface area contributed by atoms with E-state index in [0.717, 1.165) is 40.1 Å². The predicted octanol–water partition coefficient (Wildman–Crippen LogP) is 2.67. The van der Waals surface area contributed by atoms with E-state index < -0.39 is 0 Å². The van der Waals surface area contributed by atoms with Crippen LogP contribution in [0.2, 0.25) is 0 Å². The zero-order valence-electron chi connectivity index (χ0n) is 10.5. The fraction of sp³-hybridized carbons (Fsp3) is 0.545. The van der Waals surface area contributed by atoms with Crippen molar-refractivity contribution in [2.75, 3.05) is 25.6 Å². The second-order valence-electron chi connectivity index (χ2n) is 3.71. The molecule has 5 nitrogen and oxygen atoms in total. The zero-order valence-corrected chi connectivity index (χ0v) is 12.1. The van der Waals surface area contributed by atoms with Crippen LogP contribution >= 0.6 is 22.7 Å². The number of hydrogen-bond acceptors (Lipinski definition) is 7. The summed E-state index contributed by atoms with van der Waals surface area (Å²) in [6, 6.07) is 0. The van der Waals surface area contributed by atoms with Crippen LogP contribution in [0, 0.1) is 0 Å². The summed E-state index contributed by atoms with van der Waals surface area (Å²) in [5.74, 6) is 0. The normalized spacial score (nSPS) is 10.8. The first-order chi connectivity index (χ1) is 8.85. The van der Waals surface area contributed by atoms with Crippen LogP contribution in [0.15, 0.2) is 5.51 Å². The number of aryl methyl sites for hydroxylation is 1. The lowest BCUT2D eigenvalue weighted by Gasteiger charge is -1.98. The largest absolute Gasteiger partial charge is 0.383 e. The van der Waals surface area contributed by atoms with Gasteiger partial charge in [0.05, 0.1) is 22.7 Å². The molecule has 0 spiro atoms. The third kappa shape index (κ3) is 3.24. The van der Waals surface area contributed by atoms with Crippen LogP contribution < -0.4 is 5.32 Å². The first kappa shape index (κ1) is 13.4. The maximum Gasteiger partial charge on any atom is 0.206 e. The van der Waals surface area contributed by atoms with Crippen LogP contribution in [0.25, 0.3) is 9.88 Å². The van der Waals surface area contributed by atoms with Gasteiger partial charge >= 0.3 is 0 Å². The topological polar surface area (TPSA) is 59.9 Å². The Kier molecular flexibility index (Phi) is 5.03. The minimum Gasteiger partial charge on any atom is -0.383 e. The lowest BCUT2D eigenvalue weighted by molar-refractivity contribution is 0.211. The van der Waals surface area contributed by atoms with Crippen LogP contribution in [0.3, 0.4) is 0 Å². The van der Waals surface area contributed by atoms with Gasteiger partial charge in [-0.1, -0.05) is 24.7 Å². The Morgan fingerprint density at radius 1 is 1.39 bits per heavy atom. The predicted molar refractivity (Wildman–Crippen MR) is 75.4 cm³/mol. The Morgan fingerprint density at radius 2 is 2.28 bits per heavy atom. The number of anilines is 1. The number of rotatable bonds is 7. The highest BCUT2D eigenvalue weighted by molar-refractivity contribution is 7.22. The average molecular weight is 284 g/mol. The van der Waals surface area contributed by atoms with E-state index in [4.69, 9.17) is 4.74 Å². The minimum absolute atomic E-state index is 0.663. The molecule has 0 saturated heterocycles. The summed E-state index contributed by atoms with van der Waals surface area (Å²) in [5, 5.41) is 13.3. The Morgan fingerprint density at radius 3 is 3.06 bits per heavy atom. The van der Waals surface area contributed by atoms with E-state index >= 15 is 0 Å². The van der Waals surface area contributed by atoms with Crippen molar-refractivity contribution in [1.29, 1.82) is 0 Å². The van der Waals surface area contributed by atoms with Gasteiger partial charge in [-0.25, -0.2) is 4.98 Å². The number of thiazole rings is 1. The quantitative estimate of drug-likeness (QED) is 0.792. The van der Waals surface area contributed by atoms with Gasteiger partial charge in [0.1, 0.15) is 0 Å². The molecule has 0 aliphatic carbocycles. The number of ether oxygens (including phenoxy) is 1. The molecule has 0 saturated carbocycles. The summed E-state index contributed by atoms with van der Waals surface area (Å²) >= 11 is 3.19. The van der Waals surface area contributed by atoms with Gasteiger partial charge in [0, 0.05) is 13.7 Å². The monoisotopic (exact) mass is 284 g/mol. The van der Waals surface area contributed by atoms with Crippen LogP contribution in [0.1, 0.15) is 19.0 Å². The van der Waals surface area contributed by atoms with E-state index in [-0.39, 0.29) is 0 Å². The maximum absolute atomic E-state index is 4.98. The molecule has 0 fully saturated rings. The highest BCUT2D eigenvalue weighted by Crippen LogP contribution is 2.32. The molecule has 2 heterocycles. The van der Waals surface area contributed by atoms with Gasteiger partial charge < -0.3 is 10.1 Å². The summed E-state index contributed by atoms with van der Waals surface area (Å²) in [6.07, 6.45) is 2.08. The zero-order chi connectivity index (χ0) is 12.8. The van der Waals surface area contributed by atoms with Gasteiger partial charge in [0.2, 0.25) is 5.13 Å². The minimum atomic E-state index is 0.663. The third-order valence-electron chi connectivity index (χ3n) is 2.33. The van der Waals surface area contributed by atoms with Gasteiger partial charge in [0.15, 0.2) is 5.01 Å². The lowest BCUT2D eigenvalue weighted by Crippen LogP contribution is -2.06. The Labute approximate surface area is 114 Å². The number of nitrogens with one attached hydrogen (secondary N) is 1. The molecule has 7 heteroatoms. The molecule has 0 amide bonds. The van der Waals surface area contributed by atoms with Crippen LogP contribution in [-0.4, -0.2) is 35.4 Å². The van der Waals surface area contributed by atoms with E-state index in [1.54, 1.807) is 29.8 Å². The molecule has 0 bridgehead atoms. The Hall–Kier alpha value is -1.05. The van der Waals surface area contributed by atoms with Gasteiger partial charge in [0.25, 0.3) is 0 Å². The van der Waals surface area contributed by atoms with Crippen molar-refractivity contribution in [3.05, 3.63) is 11.2 Å². The van der Waals surface area contributed by atoms with Crippen molar-refractivity contribution in [2.24, 2.45) is 0 Å². The maximum atomic E-state index is 4.98. The van der Waals surface area contributed by atoms with E-state index in [2.05, 4.69) is 27.4 Å². The molecular formula is C11H16N4OS2. The number of aromatic nitrogens is 3. The molecule has 0 aliphatic heterocycles. The first-order valence-electron chi connectivity index (χ1n) is 5.84. The fourth-order valence-electron chi connectivity index (χ4n) is 1.50. The average Bonchev–Trinajstić information content (AvgIpc) is 2.98. The highest BCUT2D eigenvalue weighted by atomic mass is 32.1. The molecule has 2 aromatic rings. The van der Waals surface area contributed by atoms with Crippen molar-refractivity contribution < 1.29 is 4.74 Å².